The lowest BCUT2D eigenvalue weighted by atomic mass is 9.93. The van der Waals surface area contributed by atoms with Gasteiger partial charge >= 0.3 is 0 Å². The first-order valence-electron chi connectivity index (χ1n) is 7.19. The van der Waals surface area contributed by atoms with Gasteiger partial charge in [0.1, 0.15) is 5.76 Å². The van der Waals surface area contributed by atoms with Crippen molar-refractivity contribution in [1.29, 1.82) is 0 Å². The van der Waals surface area contributed by atoms with Gasteiger partial charge in [0.2, 0.25) is 0 Å². The van der Waals surface area contributed by atoms with Gasteiger partial charge in [-0.25, -0.2) is 9.67 Å². The van der Waals surface area contributed by atoms with Crippen molar-refractivity contribution in [2.24, 2.45) is 0 Å². The number of aromatic nitrogens is 3. The van der Waals surface area contributed by atoms with Crippen molar-refractivity contribution in [3.8, 4) is 5.82 Å². The minimum atomic E-state index is 0.269. The Kier molecular flexibility index (Phi) is 2.96. The van der Waals surface area contributed by atoms with Gasteiger partial charge in [0.05, 0.1) is 18.0 Å². The van der Waals surface area contributed by atoms with Crippen molar-refractivity contribution < 1.29 is 4.42 Å². The van der Waals surface area contributed by atoms with Crippen LogP contribution >= 0.6 is 0 Å². The lowest BCUT2D eigenvalue weighted by molar-refractivity contribution is 0.461. The second-order valence-electron chi connectivity index (χ2n) is 5.21. The molecule has 5 heteroatoms. The molecule has 1 atom stereocenters. The third-order valence-corrected chi connectivity index (χ3v) is 3.89. The molecule has 1 unspecified atom stereocenters. The number of aryl methyl sites for hydroxylation is 1. The Labute approximate surface area is 122 Å². The average molecular weight is 280 g/mol. The molecule has 0 aliphatic heterocycles. The molecule has 3 aromatic heterocycles. The predicted molar refractivity (Wildman–Crippen MR) is 79.4 cm³/mol. The van der Waals surface area contributed by atoms with Gasteiger partial charge in [-0.15, -0.1) is 0 Å². The van der Waals surface area contributed by atoms with Crippen LogP contribution in [0.5, 0.6) is 0 Å². The predicted octanol–water partition coefficient (Wildman–Crippen LogP) is 3.35. The van der Waals surface area contributed by atoms with Crippen LogP contribution in [-0.4, -0.2) is 14.8 Å². The first-order valence-corrected chi connectivity index (χ1v) is 7.19. The summed E-state index contributed by atoms with van der Waals surface area (Å²) in [4.78, 5) is 4.44. The molecule has 0 saturated heterocycles. The number of furan rings is 1. The van der Waals surface area contributed by atoms with Crippen molar-refractivity contribution in [2.75, 3.05) is 5.32 Å². The maximum atomic E-state index is 5.55. The van der Waals surface area contributed by atoms with Crippen LogP contribution in [0.1, 0.15) is 30.2 Å². The summed E-state index contributed by atoms with van der Waals surface area (Å²) in [5.74, 6) is 1.92. The molecule has 0 spiro atoms. The van der Waals surface area contributed by atoms with E-state index in [1.54, 1.807) is 23.3 Å². The van der Waals surface area contributed by atoms with Gasteiger partial charge in [-0.2, -0.15) is 5.10 Å². The van der Waals surface area contributed by atoms with Crippen LogP contribution < -0.4 is 5.32 Å². The molecule has 1 aliphatic rings. The third kappa shape index (κ3) is 2.20. The molecule has 0 fully saturated rings. The van der Waals surface area contributed by atoms with E-state index in [1.165, 1.54) is 5.56 Å². The van der Waals surface area contributed by atoms with E-state index in [4.69, 9.17) is 4.42 Å². The highest BCUT2D eigenvalue weighted by Crippen LogP contribution is 2.34. The Morgan fingerprint density at radius 3 is 3.14 bits per heavy atom. The monoisotopic (exact) mass is 280 g/mol. The van der Waals surface area contributed by atoms with Crippen LogP contribution in [0, 0.1) is 0 Å². The smallest absolute Gasteiger partial charge is 0.176 e. The summed E-state index contributed by atoms with van der Waals surface area (Å²) in [6.45, 7) is 0. The topological polar surface area (TPSA) is 55.9 Å². The Bertz CT molecular complexity index is 732. The van der Waals surface area contributed by atoms with Crippen molar-refractivity contribution in [3.05, 3.63) is 60.4 Å². The number of hydrogen-bond acceptors (Lipinski definition) is 4. The molecular weight excluding hydrogens is 264 g/mol. The van der Waals surface area contributed by atoms with E-state index in [9.17, 15) is 0 Å². The summed E-state index contributed by atoms with van der Waals surface area (Å²) in [7, 11) is 0. The van der Waals surface area contributed by atoms with E-state index >= 15 is 0 Å². The number of pyridine rings is 1. The van der Waals surface area contributed by atoms with Crippen LogP contribution in [0.15, 0.2) is 53.5 Å². The first-order chi connectivity index (χ1) is 10.4. The van der Waals surface area contributed by atoms with E-state index in [2.05, 4.69) is 21.5 Å². The van der Waals surface area contributed by atoms with Crippen molar-refractivity contribution >= 4 is 5.69 Å². The SMILES string of the molecule is c1cnc(-n2cccn2)c(NC2CCCc3occc32)c1. The number of hydrogen-bond donors (Lipinski definition) is 1. The fourth-order valence-corrected chi connectivity index (χ4v) is 2.91. The lowest BCUT2D eigenvalue weighted by Gasteiger charge is -2.24. The highest BCUT2D eigenvalue weighted by molar-refractivity contribution is 5.57. The van der Waals surface area contributed by atoms with Crippen molar-refractivity contribution in [2.45, 2.75) is 25.3 Å². The van der Waals surface area contributed by atoms with E-state index in [0.717, 1.165) is 36.5 Å². The minimum absolute atomic E-state index is 0.269. The molecule has 0 aromatic carbocycles. The van der Waals surface area contributed by atoms with Crippen LogP contribution in [0.25, 0.3) is 5.82 Å². The molecule has 3 heterocycles. The molecule has 0 radical (unpaired) electrons. The van der Waals surface area contributed by atoms with E-state index in [-0.39, 0.29) is 6.04 Å². The maximum absolute atomic E-state index is 5.55. The molecule has 5 nitrogen and oxygen atoms in total. The Balaban J connectivity index is 1.68. The van der Waals surface area contributed by atoms with Crippen molar-refractivity contribution in [3.63, 3.8) is 0 Å². The molecule has 4 rings (SSSR count). The first kappa shape index (κ1) is 12.2. The Hall–Kier alpha value is -2.56. The zero-order valence-corrected chi connectivity index (χ0v) is 11.6. The van der Waals surface area contributed by atoms with E-state index in [1.807, 2.05) is 24.4 Å². The zero-order chi connectivity index (χ0) is 14.1. The van der Waals surface area contributed by atoms with Gasteiger partial charge in [0.15, 0.2) is 5.82 Å². The number of nitrogens with zero attached hydrogens (tertiary/aromatic N) is 3. The Morgan fingerprint density at radius 2 is 2.24 bits per heavy atom. The second-order valence-corrected chi connectivity index (χ2v) is 5.21. The Morgan fingerprint density at radius 1 is 1.24 bits per heavy atom. The standard InChI is InChI=1S/C16H16N4O/c1-4-13(12-7-11-21-15(12)6-1)19-14-5-2-8-17-16(14)20-10-3-9-18-20/h2-3,5,7-11,13,19H,1,4,6H2. The molecule has 0 bridgehead atoms. The van der Waals surface area contributed by atoms with Gasteiger partial charge in [0, 0.05) is 30.6 Å². The van der Waals surface area contributed by atoms with Crippen LogP contribution in [-0.2, 0) is 6.42 Å². The fraction of sp³-hybridized carbons (Fsp3) is 0.250. The van der Waals surface area contributed by atoms with Gasteiger partial charge in [-0.3, -0.25) is 0 Å². The molecule has 0 saturated carbocycles. The maximum Gasteiger partial charge on any atom is 0.176 e. The van der Waals surface area contributed by atoms with Gasteiger partial charge in [0.25, 0.3) is 0 Å². The van der Waals surface area contributed by atoms with E-state index < -0.39 is 0 Å². The second kappa shape index (κ2) is 5.09. The summed E-state index contributed by atoms with van der Waals surface area (Å²) in [6.07, 6.45) is 10.5. The normalized spacial score (nSPS) is 17.4. The molecule has 21 heavy (non-hydrogen) atoms. The largest absolute Gasteiger partial charge is 0.469 e. The highest BCUT2D eigenvalue weighted by atomic mass is 16.3. The molecule has 1 aliphatic carbocycles. The number of rotatable bonds is 3. The summed E-state index contributed by atoms with van der Waals surface area (Å²) >= 11 is 0. The number of anilines is 1. The van der Waals surface area contributed by atoms with E-state index in [0.29, 0.717) is 0 Å². The zero-order valence-electron chi connectivity index (χ0n) is 11.6. The van der Waals surface area contributed by atoms with Crippen LogP contribution in [0.4, 0.5) is 5.69 Å². The minimum Gasteiger partial charge on any atom is -0.469 e. The summed E-state index contributed by atoms with van der Waals surface area (Å²) < 4.78 is 7.33. The number of fused-ring (bicyclic) bond motifs is 1. The van der Waals surface area contributed by atoms with Gasteiger partial charge in [-0.05, 0) is 37.1 Å². The van der Waals surface area contributed by atoms with Gasteiger partial charge < -0.3 is 9.73 Å². The average Bonchev–Trinajstić information content (AvgIpc) is 3.20. The van der Waals surface area contributed by atoms with Crippen molar-refractivity contribution in [1.82, 2.24) is 14.8 Å². The lowest BCUT2D eigenvalue weighted by Crippen LogP contribution is -2.17. The third-order valence-electron chi connectivity index (χ3n) is 3.89. The van der Waals surface area contributed by atoms with Gasteiger partial charge in [-0.1, -0.05) is 0 Å². The highest BCUT2D eigenvalue weighted by Gasteiger charge is 2.23. The summed E-state index contributed by atoms with van der Waals surface area (Å²) in [5, 5.41) is 7.87. The molecule has 106 valence electrons. The van der Waals surface area contributed by atoms with Crippen LogP contribution in [0.3, 0.4) is 0 Å². The molecular formula is C16H16N4O. The number of nitrogens with one attached hydrogen (secondary N) is 1. The van der Waals surface area contributed by atoms with Crippen LogP contribution in [0.2, 0.25) is 0 Å². The summed E-state index contributed by atoms with van der Waals surface area (Å²) in [6, 6.07) is 8.21. The fourth-order valence-electron chi connectivity index (χ4n) is 2.91. The molecule has 3 aromatic rings. The molecule has 0 amide bonds. The molecule has 1 N–H and O–H groups in total. The quantitative estimate of drug-likeness (QED) is 0.799. The summed E-state index contributed by atoms with van der Waals surface area (Å²) in [5.41, 5.74) is 2.25.